The summed E-state index contributed by atoms with van der Waals surface area (Å²) < 4.78 is 0.955. The van der Waals surface area contributed by atoms with Crippen molar-refractivity contribution in [3.05, 3.63) is 28.5 Å². The number of hydrogen-bond acceptors (Lipinski definition) is 2. The average molecular weight is 237 g/mol. The van der Waals surface area contributed by atoms with Crippen molar-refractivity contribution in [3.8, 4) is 6.07 Å². The van der Waals surface area contributed by atoms with Crippen molar-refractivity contribution in [3.63, 3.8) is 0 Å². The van der Waals surface area contributed by atoms with Crippen LogP contribution in [0.5, 0.6) is 0 Å². The van der Waals surface area contributed by atoms with E-state index in [0.717, 1.165) is 29.3 Å². The smallest absolute Gasteiger partial charge is 0.0834 e. The molecule has 1 aromatic heterocycles. The van der Waals surface area contributed by atoms with E-state index >= 15 is 0 Å². The highest BCUT2D eigenvalue weighted by Gasteiger charge is 2.40. The van der Waals surface area contributed by atoms with Crippen molar-refractivity contribution in [2.24, 2.45) is 0 Å². The highest BCUT2D eigenvalue weighted by Crippen LogP contribution is 2.45. The van der Waals surface area contributed by atoms with Gasteiger partial charge in [0.2, 0.25) is 0 Å². The van der Waals surface area contributed by atoms with Crippen LogP contribution < -0.4 is 0 Å². The second-order valence-electron chi connectivity index (χ2n) is 3.40. The van der Waals surface area contributed by atoms with Crippen LogP contribution in [0.3, 0.4) is 0 Å². The fraction of sp³-hybridized carbons (Fsp3) is 0.400. The number of hydrogen-bond donors (Lipinski definition) is 0. The van der Waals surface area contributed by atoms with Crippen LogP contribution in [-0.4, -0.2) is 4.98 Å². The van der Waals surface area contributed by atoms with Crippen LogP contribution in [0.15, 0.2) is 22.9 Å². The molecule has 0 saturated heterocycles. The lowest BCUT2D eigenvalue weighted by atomic mass is 9.66. The lowest BCUT2D eigenvalue weighted by Gasteiger charge is -2.36. The lowest BCUT2D eigenvalue weighted by molar-refractivity contribution is 0.322. The minimum Gasteiger partial charge on any atom is -0.264 e. The Morgan fingerprint density at radius 1 is 1.54 bits per heavy atom. The van der Waals surface area contributed by atoms with Crippen LogP contribution in [0.2, 0.25) is 0 Å². The Morgan fingerprint density at radius 2 is 2.31 bits per heavy atom. The van der Waals surface area contributed by atoms with Gasteiger partial charge in [0, 0.05) is 16.9 Å². The van der Waals surface area contributed by atoms with Gasteiger partial charge in [0.1, 0.15) is 0 Å². The Balaban J connectivity index is 2.46. The molecular weight excluding hydrogens is 228 g/mol. The SMILES string of the molecule is N#CC1(c2ccncc2Br)CCC1. The summed E-state index contributed by atoms with van der Waals surface area (Å²) in [6.45, 7) is 0. The standard InChI is InChI=1S/C10H9BrN2/c11-9-6-13-5-2-8(9)10(7-12)3-1-4-10/h2,5-6H,1,3-4H2. The molecule has 0 unspecified atom stereocenters. The fourth-order valence-corrected chi connectivity index (χ4v) is 2.36. The molecule has 0 radical (unpaired) electrons. The maximum atomic E-state index is 9.12. The Hall–Kier alpha value is -0.880. The third-order valence-electron chi connectivity index (χ3n) is 2.71. The molecule has 1 saturated carbocycles. The molecule has 3 heteroatoms. The van der Waals surface area contributed by atoms with Crippen molar-refractivity contribution in [2.45, 2.75) is 24.7 Å². The van der Waals surface area contributed by atoms with Gasteiger partial charge in [0.05, 0.1) is 11.5 Å². The highest BCUT2D eigenvalue weighted by molar-refractivity contribution is 9.10. The maximum absolute atomic E-state index is 9.12. The zero-order valence-electron chi connectivity index (χ0n) is 7.13. The monoisotopic (exact) mass is 236 g/mol. The molecule has 2 rings (SSSR count). The zero-order chi connectivity index (χ0) is 9.31. The number of rotatable bonds is 1. The predicted octanol–water partition coefficient (Wildman–Crippen LogP) is 2.79. The van der Waals surface area contributed by atoms with Gasteiger partial charge in [-0.15, -0.1) is 0 Å². The summed E-state index contributed by atoms with van der Waals surface area (Å²) in [5.41, 5.74) is 0.859. The van der Waals surface area contributed by atoms with Crippen molar-refractivity contribution in [1.82, 2.24) is 4.98 Å². The summed E-state index contributed by atoms with van der Waals surface area (Å²) in [7, 11) is 0. The number of nitriles is 1. The molecule has 1 aromatic rings. The lowest BCUT2D eigenvalue weighted by Crippen LogP contribution is -2.32. The number of halogens is 1. The van der Waals surface area contributed by atoms with Crippen molar-refractivity contribution < 1.29 is 0 Å². The van der Waals surface area contributed by atoms with Crippen molar-refractivity contribution >= 4 is 15.9 Å². The first-order valence-corrected chi connectivity index (χ1v) is 5.09. The third kappa shape index (κ3) is 1.26. The van der Waals surface area contributed by atoms with Gasteiger partial charge in [-0.05, 0) is 46.8 Å². The fourth-order valence-electron chi connectivity index (χ4n) is 1.73. The summed E-state index contributed by atoms with van der Waals surface area (Å²) in [4.78, 5) is 3.99. The molecule has 0 N–H and O–H groups in total. The van der Waals surface area contributed by atoms with Crippen molar-refractivity contribution in [1.29, 1.82) is 5.26 Å². The number of nitrogens with zero attached hydrogens (tertiary/aromatic N) is 2. The molecule has 13 heavy (non-hydrogen) atoms. The topological polar surface area (TPSA) is 36.7 Å². The maximum Gasteiger partial charge on any atom is 0.0834 e. The molecule has 1 aliphatic rings. The van der Waals surface area contributed by atoms with E-state index in [1.165, 1.54) is 0 Å². The molecule has 1 aliphatic carbocycles. The van der Waals surface area contributed by atoms with E-state index in [0.29, 0.717) is 0 Å². The van der Waals surface area contributed by atoms with E-state index < -0.39 is 0 Å². The van der Waals surface area contributed by atoms with Crippen LogP contribution in [0.4, 0.5) is 0 Å². The molecule has 0 aliphatic heterocycles. The van der Waals surface area contributed by atoms with E-state index in [2.05, 4.69) is 27.0 Å². The minimum absolute atomic E-state index is 0.234. The Bertz CT molecular complexity index is 363. The molecule has 66 valence electrons. The van der Waals surface area contributed by atoms with Gasteiger partial charge in [0.25, 0.3) is 0 Å². The number of pyridine rings is 1. The average Bonchev–Trinajstić information content (AvgIpc) is 2.07. The van der Waals surface area contributed by atoms with Crippen LogP contribution in [0, 0.1) is 11.3 Å². The van der Waals surface area contributed by atoms with Gasteiger partial charge in [-0.25, -0.2) is 0 Å². The second kappa shape index (κ2) is 3.12. The minimum atomic E-state index is -0.234. The van der Waals surface area contributed by atoms with Crippen LogP contribution >= 0.6 is 15.9 Å². The van der Waals surface area contributed by atoms with E-state index in [-0.39, 0.29) is 5.41 Å². The van der Waals surface area contributed by atoms with E-state index in [9.17, 15) is 0 Å². The molecule has 2 nitrogen and oxygen atoms in total. The predicted molar refractivity (Wildman–Crippen MR) is 53.1 cm³/mol. The molecule has 0 amide bonds. The summed E-state index contributed by atoms with van der Waals surface area (Å²) in [5, 5.41) is 9.12. The molecule has 0 atom stereocenters. The van der Waals surface area contributed by atoms with E-state index in [4.69, 9.17) is 5.26 Å². The van der Waals surface area contributed by atoms with Gasteiger partial charge in [0.15, 0.2) is 0 Å². The van der Waals surface area contributed by atoms with Crippen molar-refractivity contribution in [2.75, 3.05) is 0 Å². The zero-order valence-corrected chi connectivity index (χ0v) is 8.71. The molecule has 1 heterocycles. The highest BCUT2D eigenvalue weighted by atomic mass is 79.9. The molecule has 0 bridgehead atoms. The van der Waals surface area contributed by atoms with Gasteiger partial charge in [-0.2, -0.15) is 5.26 Å². The van der Waals surface area contributed by atoms with Crippen LogP contribution in [0.1, 0.15) is 24.8 Å². The summed E-state index contributed by atoms with van der Waals surface area (Å²) in [5.74, 6) is 0. The third-order valence-corrected chi connectivity index (χ3v) is 3.34. The molecule has 1 fully saturated rings. The first-order valence-electron chi connectivity index (χ1n) is 4.30. The molecule has 0 spiro atoms. The Kier molecular flexibility index (Phi) is 2.09. The Labute approximate surface area is 85.7 Å². The molecule has 0 aromatic carbocycles. The molecular formula is C10H9BrN2. The van der Waals surface area contributed by atoms with Gasteiger partial charge in [-0.3, -0.25) is 4.98 Å². The van der Waals surface area contributed by atoms with E-state index in [1.54, 1.807) is 12.4 Å². The summed E-state index contributed by atoms with van der Waals surface area (Å²) >= 11 is 3.43. The first kappa shape index (κ1) is 8.71. The summed E-state index contributed by atoms with van der Waals surface area (Å²) in [6, 6.07) is 4.35. The van der Waals surface area contributed by atoms with Gasteiger partial charge < -0.3 is 0 Å². The van der Waals surface area contributed by atoms with Crippen LogP contribution in [0.25, 0.3) is 0 Å². The van der Waals surface area contributed by atoms with E-state index in [1.807, 2.05) is 6.07 Å². The first-order chi connectivity index (χ1) is 6.28. The number of aromatic nitrogens is 1. The second-order valence-corrected chi connectivity index (χ2v) is 4.26. The largest absolute Gasteiger partial charge is 0.264 e. The normalized spacial score (nSPS) is 18.8. The van der Waals surface area contributed by atoms with Gasteiger partial charge in [-0.1, -0.05) is 0 Å². The van der Waals surface area contributed by atoms with Gasteiger partial charge >= 0.3 is 0 Å². The Morgan fingerprint density at radius 3 is 2.77 bits per heavy atom. The van der Waals surface area contributed by atoms with Crippen LogP contribution in [-0.2, 0) is 5.41 Å². The quantitative estimate of drug-likeness (QED) is 0.752. The summed E-state index contributed by atoms with van der Waals surface area (Å²) in [6.07, 6.45) is 6.62.